The molecule has 5 amide bonds. The van der Waals surface area contributed by atoms with Gasteiger partial charge in [0, 0.05) is 36.4 Å². The zero-order chi connectivity index (χ0) is 32.2. The molecule has 234 valence electrons. The molecule has 0 aliphatic heterocycles. The third-order valence-electron chi connectivity index (χ3n) is 6.97. The maximum atomic E-state index is 13.5. The van der Waals surface area contributed by atoms with Crippen molar-refractivity contribution in [3.63, 3.8) is 0 Å². The SMILES string of the molecule is NC(=O)CCC(NC(=O)C(Cc1c[nH]c2ccccc12)NC(=O)C(CCC(N)=O)NC(=O)C(N)Cc1ccccc1)C(=O)O. The second-order valence-electron chi connectivity index (χ2n) is 10.4. The van der Waals surface area contributed by atoms with E-state index in [-0.39, 0.29) is 38.5 Å². The Labute approximate surface area is 253 Å². The molecule has 14 heteroatoms. The van der Waals surface area contributed by atoms with Crippen LogP contribution >= 0.6 is 0 Å². The number of H-pyrrole nitrogens is 1. The zero-order valence-electron chi connectivity index (χ0n) is 24.0. The van der Waals surface area contributed by atoms with Crippen molar-refractivity contribution < 1.29 is 33.9 Å². The van der Waals surface area contributed by atoms with Gasteiger partial charge in [-0.25, -0.2) is 4.79 Å². The van der Waals surface area contributed by atoms with Crippen LogP contribution in [0.3, 0.4) is 0 Å². The molecule has 0 aliphatic carbocycles. The second kappa shape index (κ2) is 15.8. The van der Waals surface area contributed by atoms with Crippen molar-refractivity contribution in [3.8, 4) is 0 Å². The van der Waals surface area contributed by atoms with E-state index in [9.17, 15) is 33.9 Å². The van der Waals surface area contributed by atoms with E-state index in [1.165, 1.54) is 0 Å². The van der Waals surface area contributed by atoms with Gasteiger partial charge in [0.2, 0.25) is 29.5 Å². The number of benzene rings is 2. The maximum absolute atomic E-state index is 13.5. The van der Waals surface area contributed by atoms with Crippen molar-refractivity contribution in [2.24, 2.45) is 17.2 Å². The molecule has 0 saturated heterocycles. The number of carboxylic acid groups (broad SMARTS) is 1. The minimum atomic E-state index is -1.46. The topological polar surface area (TPSA) is 253 Å². The first-order valence-corrected chi connectivity index (χ1v) is 14.0. The predicted octanol–water partition coefficient (Wildman–Crippen LogP) is -0.650. The van der Waals surface area contributed by atoms with E-state index in [1.54, 1.807) is 36.5 Å². The highest BCUT2D eigenvalue weighted by molar-refractivity contribution is 5.95. The predicted molar refractivity (Wildman–Crippen MR) is 160 cm³/mol. The molecule has 11 N–H and O–H groups in total. The molecule has 4 unspecified atom stereocenters. The van der Waals surface area contributed by atoms with Gasteiger partial charge in [-0.1, -0.05) is 48.5 Å². The van der Waals surface area contributed by atoms with Crippen molar-refractivity contribution >= 4 is 46.4 Å². The molecule has 14 nitrogen and oxygen atoms in total. The van der Waals surface area contributed by atoms with Crippen LogP contribution in [-0.2, 0) is 41.6 Å². The Balaban J connectivity index is 1.83. The average molecular weight is 608 g/mol. The van der Waals surface area contributed by atoms with Gasteiger partial charge in [-0.3, -0.25) is 24.0 Å². The number of carbonyl (C=O) groups is 6. The number of carboxylic acids is 1. The van der Waals surface area contributed by atoms with Crippen LogP contribution in [-0.4, -0.2) is 69.8 Å². The highest BCUT2D eigenvalue weighted by atomic mass is 16.4. The Morgan fingerprint density at radius 3 is 1.89 bits per heavy atom. The largest absolute Gasteiger partial charge is 0.480 e. The van der Waals surface area contributed by atoms with Crippen LogP contribution in [0.4, 0.5) is 0 Å². The molecule has 3 rings (SSSR count). The quantitative estimate of drug-likeness (QED) is 0.0976. The first-order valence-electron chi connectivity index (χ1n) is 14.0. The molecule has 0 saturated carbocycles. The van der Waals surface area contributed by atoms with Gasteiger partial charge in [0.1, 0.15) is 18.1 Å². The van der Waals surface area contributed by atoms with Gasteiger partial charge >= 0.3 is 5.97 Å². The standard InChI is InChI=1S/C30H37N7O7/c31-20(14-17-6-2-1-3-7-17)27(40)35-22(10-12-25(32)38)28(41)37-24(15-18-16-34-21-9-5-4-8-19(18)21)29(42)36-23(30(43)44)11-13-26(33)39/h1-9,16,20,22-24,34H,10-15,31H2,(H2,32,38)(H2,33,39)(H,35,40)(H,36,42)(H,37,41)(H,43,44). The summed E-state index contributed by atoms with van der Waals surface area (Å²) in [5.41, 5.74) is 18.7. The summed E-state index contributed by atoms with van der Waals surface area (Å²) in [5.74, 6) is -5.16. The Hall–Kier alpha value is -5.24. The molecule has 2 aromatic carbocycles. The fraction of sp³-hybridized carbons (Fsp3) is 0.333. The van der Waals surface area contributed by atoms with Crippen LogP contribution in [0.1, 0.15) is 36.8 Å². The van der Waals surface area contributed by atoms with E-state index in [4.69, 9.17) is 17.2 Å². The van der Waals surface area contributed by atoms with E-state index < -0.39 is 59.7 Å². The van der Waals surface area contributed by atoms with Gasteiger partial charge in [-0.15, -0.1) is 0 Å². The number of rotatable bonds is 17. The number of carbonyl (C=O) groups excluding carboxylic acids is 5. The molecule has 0 fully saturated rings. The summed E-state index contributed by atoms with van der Waals surface area (Å²) in [6.45, 7) is 0. The Kier molecular flexibility index (Phi) is 12.0. The van der Waals surface area contributed by atoms with E-state index >= 15 is 0 Å². The normalized spacial score (nSPS) is 13.7. The number of nitrogens with two attached hydrogens (primary N) is 3. The fourth-order valence-electron chi connectivity index (χ4n) is 4.61. The van der Waals surface area contributed by atoms with Gasteiger partial charge in [-0.2, -0.15) is 0 Å². The monoisotopic (exact) mass is 607 g/mol. The molecule has 4 atom stereocenters. The molecular formula is C30H37N7O7. The van der Waals surface area contributed by atoms with Gasteiger partial charge in [-0.05, 0) is 36.5 Å². The lowest BCUT2D eigenvalue weighted by Gasteiger charge is -2.25. The third kappa shape index (κ3) is 9.94. The highest BCUT2D eigenvalue weighted by Crippen LogP contribution is 2.19. The first-order chi connectivity index (χ1) is 20.9. The van der Waals surface area contributed by atoms with E-state index in [0.29, 0.717) is 5.56 Å². The second-order valence-corrected chi connectivity index (χ2v) is 10.4. The van der Waals surface area contributed by atoms with Crippen molar-refractivity contribution in [1.29, 1.82) is 0 Å². The minimum Gasteiger partial charge on any atom is -0.480 e. The number of nitrogens with one attached hydrogen (secondary N) is 4. The smallest absolute Gasteiger partial charge is 0.326 e. The summed E-state index contributed by atoms with van der Waals surface area (Å²) >= 11 is 0. The lowest BCUT2D eigenvalue weighted by molar-refractivity contribution is -0.142. The van der Waals surface area contributed by atoms with Crippen LogP contribution < -0.4 is 33.2 Å². The molecule has 0 spiro atoms. The Bertz CT molecular complexity index is 1490. The molecule has 3 aromatic rings. The van der Waals surface area contributed by atoms with Crippen LogP contribution in [0.5, 0.6) is 0 Å². The number of aromatic nitrogens is 1. The Morgan fingerprint density at radius 1 is 0.705 bits per heavy atom. The summed E-state index contributed by atoms with van der Waals surface area (Å²) < 4.78 is 0. The van der Waals surface area contributed by atoms with Crippen molar-refractivity contribution in [1.82, 2.24) is 20.9 Å². The van der Waals surface area contributed by atoms with E-state index in [0.717, 1.165) is 16.5 Å². The average Bonchev–Trinajstić information content (AvgIpc) is 3.39. The minimum absolute atomic E-state index is 0.0618. The zero-order valence-corrected chi connectivity index (χ0v) is 24.0. The molecule has 1 heterocycles. The lowest BCUT2D eigenvalue weighted by atomic mass is 10.0. The van der Waals surface area contributed by atoms with Crippen molar-refractivity contribution in [3.05, 3.63) is 71.9 Å². The molecular weight excluding hydrogens is 570 g/mol. The number of amides is 5. The van der Waals surface area contributed by atoms with Gasteiger partial charge < -0.3 is 43.2 Å². The number of hydrogen-bond donors (Lipinski definition) is 8. The molecule has 1 aromatic heterocycles. The maximum Gasteiger partial charge on any atom is 0.326 e. The number of fused-ring (bicyclic) bond motifs is 1. The molecule has 44 heavy (non-hydrogen) atoms. The summed E-state index contributed by atoms with van der Waals surface area (Å²) in [7, 11) is 0. The number of hydrogen-bond acceptors (Lipinski definition) is 7. The van der Waals surface area contributed by atoms with Crippen molar-refractivity contribution in [2.75, 3.05) is 0 Å². The molecule has 0 aliphatic rings. The van der Waals surface area contributed by atoms with Gasteiger partial charge in [0.15, 0.2) is 0 Å². The summed E-state index contributed by atoms with van der Waals surface area (Å²) in [6.07, 6.45) is 0.802. The number of aromatic amines is 1. The van der Waals surface area contributed by atoms with Gasteiger partial charge in [0.05, 0.1) is 6.04 Å². The van der Waals surface area contributed by atoms with Crippen LogP contribution in [0.15, 0.2) is 60.8 Å². The Morgan fingerprint density at radius 2 is 1.25 bits per heavy atom. The fourth-order valence-corrected chi connectivity index (χ4v) is 4.61. The van der Waals surface area contributed by atoms with Crippen LogP contribution in [0.25, 0.3) is 10.9 Å². The van der Waals surface area contributed by atoms with Crippen LogP contribution in [0, 0.1) is 0 Å². The number of aliphatic carboxylic acids is 1. The number of primary amides is 2. The summed E-state index contributed by atoms with van der Waals surface area (Å²) in [5, 5.41) is 17.9. The van der Waals surface area contributed by atoms with E-state index in [2.05, 4.69) is 20.9 Å². The summed E-state index contributed by atoms with van der Waals surface area (Å²) in [6, 6.07) is 11.2. The van der Waals surface area contributed by atoms with Crippen LogP contribution in [0.2, 0.25) is 0 Å². The number of para-hydroxylation sites is 1. The van der Waals surface area contributed by atoms with E-state index in [1.807, 2.05) is 24.3 Å². The third-order valence-corrected chi connectivity index (χ3v) is 6.97. The van der Waals surface area contributed by atoms with Crippen molar-refractivity contribution in [2.45, 2.75) is 62.7 Å². The first kappa shape index (κ1) is 33.3. The molecule has 0 bridgehead atoms. The molecule has 0 radical (unpaired) electrons. The summed E-state index contributed by atoms with van der Waals surface area (Å²) in [4.78, 5) is 77.6. The highest BCUT2D eigenvalue weighted by Gasteiger charge is 2.31. The lowest BCUT2D eigenvalue weighted by Crippen LogP contribution is -2.58. The van der Waals surface area contributed by atoms with Gasteiger partial charge in [0.25, 0.3) is 0 Å².